The van der Waals surface area contributed by atoms with Crippen molar-refractivity contribution in [1.82, 2.24) is 20.1 Å². The van der Waals surface area contributed by atoms with E-state index in [2.05, 4.69) is 15.2 Å². The minimum absolute atomic E-state index is 0.0396. The van der Waals surface area contributed by atoms with Crippen LogP contribution in [0.3, 0.4) is 0 Å². The molecule has 1 fully saturated rings. The highest BCUT2D eigenvalue weighted by molar-refractivity contribution is 6.30. The Kier molecular flexibility index (Phi) is 6.68. The van der Waals surface area contributed by atoms with Crippen LogP contribution in [0.2, 0.25) is 5.02 Å². The number of hydrogen-bond donors (Lipinski definition) is 1. The SMILES string of the molecule is O=C(NCCOc1ccc(Cl)cc1)N1CCN(Cc2ccccn2)CC1. The standard InChI is InChI=1S/C19H23ClN4O2/c20-16-4-6-18(7-5-16)26-14-9-22-19(25)24-12-10-23(11-13-24)15-17-3-1-2-8-21-17/h1-8H,9-15H2,(H,22,25). The van der Waals surface area contributed by atoms with Crippen LogP contribution in [0.25, 0.3) is 0 Å². The third kappa shape index (κ3) is 5.61. The third-order valence-corrected chi connectivity index (χ3v) is 4.48. The Hall–Kier alpha value is -2.31. The molecule has 0 saturated carbocycles. The van der Waals surface area contributed by atoms with E-state index in [-0.39, 0.29) is 6.03 Å². The van der Waals surface area contributed by atoms with Gasteiger partial charge in [-0.15, -0.1) is 0 Å². The molecule has 1 saturated heterocycles. The maximum atomic E-state index is 12.2. The van der Waals surface area contributed by atoms with Crippen LogP contribution in [0.1, 0.15) is 5.69 Å². The van der Waals surface area contributed by atoms with Crippen molar-refractivity contribution in [3.05, 3.63) is 59.4 Å². The number of nitrogens with one attached hydrogen (secondary N) is 1. The molecule has 2 heterocycles. The number of benzene rings is 1. The van der Waals surface area contributed by atoms with Crippen LogP contribution in [-0.2, 0) is 6.54 Å². The molecule has 2 aromatic rings. The number of urea groups is 1. The van der Waals surface area contributed by atoms with E-state index in [0.29, 0.717) is 18.2 Å². The van der Waals surface area contributed by atoms with E-state index in [0.717, 1.165) is 44.2 Å². The van der Waals surface area contributed by atoms with Crippen LogP contribution in [0.4, 0.5) is 4.79 Å². The highest BCUT2D eigenvalue weighted by Gasteiger charge is 2.20. The predicted octanol–water partition coefficient (Wildman–Crippen LogP) is 2.64. The smallest absolute Gasteiger partial charge is 0.317 e. The predicted molar refractivity (Wildman–Crippen MR) is 101 cm³/mol. The van der Waals surface area contributed by atoms with Crippen LogP contribution in [-0.4, -0.2) is 60.1 Å². The van der Waals surface area contributed by atoms with E-state index < -0.39 is 0 Å². The Morgan fingerprint density at radius 3 is 2.58 bits per heavy atom. The molecule has 6 nitrogen and oxygen atoms in total. The van der Waals surface area contributed by atoms with Gasteiger partial charge in [-0.3, -0.25) is 9.88 Å². The van der Waals surface area contributed by atoms with E-state index in [4.69, 9.17) is 16.3 Å². The molecule has 0 spiro atoms. The van der Waals surface area contributed by atoms with E-state index in [1.807, 2.05) is 41.4 Å². The number of aromatic nitrogens is 1. The van der Waals surface area contributed by atoms with Crippen molar-refractivity contribution in [2.75, 3.05) is 39.3 Å². The van der Waals surface area contributed by atoms with E-state index in [9.17, 15) is 4.79 Å². The van der Waals surface area contributed by atoms with Gasteiger partial charge in [0.2, 0.25) is 0 Å². The lowest BCUT2D eigenvalue weighted by Crippen LogP contribution is -2.51. The zero-order valence-corrected chi connectivity index (χ0v) is 15.4. The molecule has 26 heavy (non-hydrogen) atoms. The van der Waals surface area contributed by atoms with Crippen molar-refractivity contribution in [3.8, 4) is 5.75 Å². The lowest BCUT2D eigenvalue weighted by molar-refractivity contribution is 0.133. The van der Waals surface area contributed by atoms with Gasteiger partial charge in [-0.1, -0.05) is 17.7 Å². The monoisotopic (exact) mass is 374 g/mol. The molecule has 1 aromatic carbocycles. The summed E-state index contributed by atoms with van der Waals surface area (Å²) >= 11 is 5.83. The molecule has 3 rings (SSSR count). The van der Waals surface area contributed by atoms with Gasteiger partial charge < -0.3 is 15.0 Å². The maximum Gasteiger partial charge on any atom is 0.317 e. The number of carbonyl (C=O) groups is 1. The molecule has 0 aliphatic carbocycles. The summed E-state index contributed by atoms with van der Waals surface area (Å²) in [5, 5.41) is 3.58. The first-order valence-corrected chi connectivity index (χ1v) is 9.12. The minimum atomic E-state index is -0.0396. The van der Waals surface area contributed by atoms with Gasteiger partial charge in [0.25, 0.3) is 0 Å². The van der Waals surface area contributed by atoms with Crippen molar-refractivity contribution in [1.29, 1.82) is 0 Å². The van der Waals surface area contributed by atoms with E-state index in [1.165, 1.54) is 0 Å². The van der Waals surface area contributed by atoms with Crippen molar-refractivity contribution in [2.45, 2.75) is 6.54 Å². The molecular weight excluding hydrogens is 352 g/mol. The Labute approximate surface area is 158 Å². The molecule has 7 heteroatoms. The lowest BCUT2D eigenvalue weighted by Gasteiger charge is -2.34. The number of nitrogens with zero attached hydrogens (tertiary/aromatic N) is 3. The Bertz CT molecular complexity index is 688. The van der Waals surface area contributed by atoms with E-state index in [1.54, 1.807) is 12.1 Å². The topological polar surface area (TPSA) is 57.7 Å². The highest BCUT2D eigenvalue weighted by Crippen LogP contribution is 2.15. The second kappa shape index (κ2) is 9.40. The number of ether oxygens (including phenoxy) is 1. The fourth-order valence-electron chi connectivity index (χ4n) is 2.80. The zero-order valence-electron chi connectivity index (χ0n) is 14.6. The second-order valence-corrected chi connectivity index (χ2v) is 6.56. The number of amides is 2. The summed E-state index contributed by atoms with van der Waals surface area (Å²) in [7, 11) is 0. The molecule has 1 aromatic heterocycles. The molecule has 138 valence electrons. The van der Waals surface area contributed by atoms with Crippen molar-refractivity contribution in [3.63, 3.8) is 0 Å². The first-order valence-electron chi connectivity index (χ1n) is 8.74. The summed E-state index contributed by atoms with van der Waals surface area (Å²) in [4.78, 5) is 20.7. The fourth-order valence-corrected chi connectivity index (χ4v) is 2.93. The van der Waals surface area contributed by atoms with Crippen LogP contribution in [0.5, 0.6) is 5.75 Å². The van der Waals surface area contributed by atoms with Gasteiger partial charge in [0, 0.05) is 43.9 Å². The molecule has 1 aliphatic rings. The second-order valence-electron chi connectivity index (χ2n) is 6.12. The van der Waals surface area contributed by atoms with Crippen molar-refractivity contribution >= 4 is 17.6 Å². The van der Waals surface area contributed by atoms with Crippen molar-refractivity contribution in [2.24, 2.45) is 0 Å². The molecule has 0 atom stereocenters. The largest absolute Gasteiger partial charge is 0.492 e. The molecule has 0 unspecified atom stereocenters. The number of halogens is 1. The molecule has 1 N–H and O–H groups in total. The molecular formula is C19H23ClN4O2. The Balaban J connectivity index is 1.32. The van der Waals surface area contributed by atoms with Gasteiger partial charge >= 0.3 is 6.03 Å². The van der Waals surface area contributed by atoms with Crippen LogP contribution in [0, 0.1) is 0 Å². The lowest BCUT2D eigenvalue weighted by atomic mass is 10.3. The molecule has 2 amide bonds. The minimum Gasteiger partial charge on any atom is -0.492 e. The Morgan fingerprint density at radius 1 is 1.12 bits per heavy atom. The summed E-state index contributed by atoms with van der Waals surface area (Å²) in [5.74, 6) is 0.742. The number of rotatable bonds is 6. The van der Waals surface area contributed by atoms with Gasteiger partial charge in [0.15, 0.2) is 0 Å². The first kappa shape index (κ1) is 18.5. The normalized spacial score (nSPS) is 14.9. The third-order valence-electron chi connectivity index (χ3n) is 4.23. The summed E-state index contributed by atoms with van der Waals surface area (Å²) in [6.07, 6.45) is 1.81. The summed E-state index contributed by atoms with van der Waals surface area (Å²) in [6, 6.07) is 13.1. The van der Waals surface area contributed by atoms with E-state index >= 15 is 0 Å². The highest BCUT2D eigenvalue weighted by atomic mass is 35.5. The van der Waals surface area contributed by atoms with Gasteiger partial charge in [0.1, 0.15) is 12.4 Å². The average molecular weight is 375 g/mol. The molecule has 0 radical (unpaired) electrons. The summed E-state index contributed by atoms with van der Waals surface area (Å²) in [5.41, 5.74) is 1.06. The van der Waals surface area contributed by atoms with Gasteiger partial charge in [-0.05, 0) is 36.4 Å². The molecule has 0 bridgehead atoms. The molecule has 1 aliphatic heterocycles. The number of carbonyl (C=O) groups excluding carboxylic acids is 1. The number of piperazine rings is 1. The first-order chi connectivity index (χ1) is 12.7. The summed E-state index contributed by atoms with van der Waals surface area (Å²) < 4.78 is 5.58. The average Bonchev–Trinajstić information content (AvgIpc) is 2.68. The van der Waals surface area contributed by atoms with Gasteiger partial charge in [-0.25, -0.2) is 4.79 Å². The van der Waals surface area contributed by atoms with Crippen LogP contribution >= 0.6 is 11.6 Å². The summed E-state index contributed by atoms with van der Waals surface area (Å²) in [6.45, 7) is 4.86. The van der Waals surface area contributed by atoms with Gasteiger partial charge in [-0.2, -0.15) is 0 Å². The number of pyridine rings is 1. The van der Waals surface area contributed by atoms with Crippen LogP contribution < -0.4 is 10.1 Å². The Morgan fingerprint density at radius 2 is 1.88 bits per heavy atom. The quantitative estimate of drug-likeness (QED) is 0.790. The number of hydrogen-bond acceptors (Lipinski definition) is 4. The van der Waals surface area contributed by atoms with Gasteiger partial charge in [0.05, 0.1) is 12.2 Å². The maximum absolute atomic E-state index is 12.2. The van der Waals surface area contributed by atoms with Crippen molar-refractivity contribution < 1.29 is 9.53 Å². The fraction of sp³-hybridized carbons (Fsp3) is 0.368. The zero-order chi connectivity index (χ0) is 18.2. The van der Waals surface area contributed by atoms with Crippen LogP contribution in [0.15, 0.2) is 48.7 Å².